The zero-order valence-electron chi connectivity index (χ0n) is 10.3. The van der Waals surface area contributed by atoms with E-state index in [0.717, 1.165) is 11.1 Å². The lowest BCUT2D eigenvalue weighted by Crippen LogP contribution is -2.18. The summed E-state index contributed by atoms with van der Waals surface area (Å²) in [5.41, 5.74) is 1.90. The van der Waals surface area contributed by atoms with Gasteiger partial charge in [0.05, 0.1) is 5.92 Å². The molecule has 2 rings (SSSR count). The molecule has 0 aliphatic carbocycles. The lowest BCUT2D eigenvalue weighted by Gasteiger charge is -2.21. The second-order valence-corrected chi connectivity index (χ2v) is 4.43. The Morgan fingerprint density at radius 1 is 0.889 bits per heavy atom. The molecule has 0 radical (unpaired) electrons. The van der Waals surface area contributed by atoms with Gasteiger partial charge in [-0.05, 0) is 17.0 Å². The van der Waals surface area contributed by atoms with E-state index in [1.165, 1.54) is 0 Å². The Bertz CT molecular complexity index is 505. The van der Waals surface area contributed by atoms with E-state index >= 15 is 0 Å². The smallest absolute Gasteiger partial charge is 0.311 e. The van der Waals surface area contributed by atoms with E-state index in [1.54, 1.807) is 0 Å². The molecule has 1 N–H and O–H groups in total. The molecule has 0 amide bonds. The van der Waals surface area contributed by atoms with Crippen molar-refractivity contribution >= 4 is 5.97 Å². The Morgan fingerprint density at radius 2 is 1.33 bits per heavy atom. The van der Waals surface area contributed by atoms with Crippen molar-refractivity contribution in [2.75, 3.05) is 0 Å². The van der Waals surface area contributed by atoms with Crippen LogP contribution in [0.15, 0.2) is 60.7 Å². The molecular formula is C16H16O2. The van der Waals surface area contributed by atoms with Gasteiger partial charge in [-0.2, -0.15) is 0 Å². The third kappa shape index (κ3) is 2.59. The molecule has 0 fully saturated rings. The molecule has 0 aliphatic heterocycles. The van der Waals surface area contributed by atoms with Crippen molar-refractivity contribution in [2.45, 2.75) is 18.8 Å². The zero-order valence-corrected chi connectivity index (χ0v) is 10.3. The number of carboxylic acid groups (broad SMARTS) is 1. The number of aliphatic carboxylic acids is 1. The largest absolute Gasteiger partial charge is 0.481 e. The maximum Gasteiger partial charge on any atom is 0.311 e. The van der Waals surface area contributed by atoms with Crippen LogP contribution < -0.4 is 0 Å². The van der Waals surface area contributed by atoms with Crippen molar-refractivity contribution in [1.82, 2.24) is 0 Å². The van der Waals surface area contributed by atoms with Crippen molar-refractivity contribution in [3.8, 4) is 0 Å². The number of rotatable bonds is 4. The highest BCUT2D eigenvalue weighted by atomic mass is 16.4. The molecule has 0 aliphatic rings. The minimum Gasteiger partial charge on any atom is -0.481 e. The van der Waals surface area contributed by atoms with Gasteiger partial charge in [-0.1, -0.05) is 67.6 Å². The fraction of sp³-hybridized carbons (Fsp3) is 0.188. The van der Waals surface area contributed by atoms with Crippen molar-refractivity contribution in [2.24, 2.45) is 0 Å². The number of benzene rings is 2. The third-order valence-electron chi connectivity index (χ3n) is 3.25. The maximum atomic E-state index is 11.5. The van der Waals surface area contributed by atoms with Gasteiger partial charge in [-0.3, -0.25) is 4.79 Å². The number of hydrogen-bond acceptors (Lipinski definition) is 1. The van der Waals surface area contributed by atoms with E-state index in [9.17, 15) is 9.90 Å². The van der Waals surface area contributed by atoms with Gasteiger partial charge in [0.2, 0.25) is 0 Å². The van der Waals surface area contributed by atoms with Gasteiger partial charge in [-0.25, -0.2) is 0 Å². The summed E-state index contributed by atoms with van der Waals surface area (Å²) in [7, 11) is 0. The molecule has 2 aromatic carbocycles. The molecule has 2 aromatic rings. The minimum absolute atomic E-state index is 0.0499. The first-order chi connectivity index (χ1) is 8.70. The Kier molecular flexibility index (Phi) is 3.78. The van der Waals surface area contributed by atoms with Crippen LogP contribution in [0.3, 0.4) is 0 Å². The molecule has 2 unspecified atom stereocenters. The first-order valence-electron chi connectivity index (χ1n) is 6.03. The molecule has 18 heavy (non-hydrogen) atoms. The topological polar surface area (TPSA) is 37.3 Å². The van der Waals surface area contributed by atoms with E-state index in [0.29, 0.717) is 0 Å². The molecule has 0 saturated carbocycles. The van der Waals surface area contributed by atoms with Gasteiger partial charge in [0.15, 0.2) is 0 Å². The molecule has 2 heteroatoms. The van der Waals surface area contributed by atoms with E-state index in [4.69, 9.17) is 0 Å². The SMILES string of the molecule is CC(c1ccccc1)C(C(=O)O)c1ccccc1. The maximum absolute atomic E-state index is 11.5. The van der Waals surface area contributed by atoms with E-state index in [1.807, 2.05) is 67.6 Å². The summed E-state index contributed by atoms with van der Waals surface area (Å²) in [5, 5.41) is 9.46. The average Bonchev–Trinajstić information content (AvgIpc) is 2.40. The third-order valence-corrected chi connectivity index (χ3v) is 3.25. The Hall–Kier alpha value is -2.09. The summed E-state index contributed by atoms with van der Waals surface area (Å²) in [6.07, 6.45) is 0. The molecular weight excluding hydrogens is 224 g/mol. The van der Waals surface area contributed by atoms with Crippen LogP contribution in [0.2, 0.25) is 0 Å². The van der Waals surface area contributed by atoms with Gasteiger partial charge in [-0.15, -0.1) is 0 Å². The van der Waals surface area contributed by atoms with Crippen LogP contribution in [0.1, 0.15) is 29.9 Å². The van der Waals surface area contributed by atoms with Crippen LogP contribution in [0, 0.1) is 0 Å². The number of carbonyl (C=O) groups is 1. The molecule has 0 heterocycles. The molecule has 0 aromatic heterocycles. The molecule has 2 atom stereocenters. The first kappa shape index (κ1) is 12.4. The van der Waals surface area contributed by atoms with Gasteiger partial charge >= 0.3 is 5.97 Å². The standard InChI is InChI=1S/C16H16O2/c1-12(13-8-4-2-5-9-13)15(16(17)18)14-10-6-3-7-11-14/h2-12,15H,1H3,(H,17,18). The van der Waals surface area contributed by atoms with Crippen molar-refractivity contribution in [1.29, 1.82) is 0 Å². The summed E-state index contributed by atoms with van der Waals surface area (Å²) < 4.78 is 0. The normalized spacial score (nSPS) is 13.8. The molecule has 0 saturated heterocycles. The Balaban J connectivity index is 2.35. The van der Waals surface area contributed by atoms with Crippen LogP contribution in [0.25, 0.3) is 0 Å². The van der Waals surface area contributed by atoms with Crippen LogP contribution >= 0.6 is 0 Å². The highest BCUT2D eigenvalue weighted by Gasteiger charge is 2.27. The minimum atomic E-state index is -0.780. The fourth-order valence-corrected chi connectivity index (χ4v) is 2.25. The summed E-state index contributed by atoms with van der Waals surface area (Å²) >= 11 is 0. The van der Waals surface area contributed by atoms with E-state index < -0.39 is 11.9 Å². The molecule has 0 bridgehead atoms. The monoisotopic (exact) mass is 240 g/mol. The van der Waals surface area contributed by atoms with Gasteiger partial charge < -0.3 is 5.11 Å². The number of hydrogen-bond donors (Lipinski definition) is 1. The molecule has 92 valence electrons. The summed E-state index contributed by atoms with van der Waals surface area (Å²) in [5.74, 6) is -1.34. The average molecular weight is 240 g/mol. The van der Waals surface area contributed by atoms with Gasteiger partial charge in [0.25, 0.3) is 0 Å². The van der Waals surface area contributed by atoms with Crippen molar-refractivity contribution in [3.05, 3.63) is 71.8 Å². The van der Waals surface area contributed by atoms with Crippen LogP contribution in [-0.2, 0) is 4.79 Å². The predicted octanol–water partition coefficient (Wildman–Crippen LogP) is 3.66. The Labute approximate surface area is 107 Å². The Morgan fingerprint density at radius 3 is 1.78 bits per heavy atom. The van der Waals surface area contributed by atoms with E-state index in [-0.39, 0.29) is 5.92 Å². The molecule has 0 spiro atoms. The number of carboxylic acids is 1. The van der Waals surface area contributed by atoms with Crippen LogP contribution in [0.5, 0.6) is 0 Å². The highest BCUT2D eigenvalue weighted by molar-refractivity contribution is 5.77. The van der Waals surface area contributed by atoms with Gasteiger partial charge in [0, 0.05) is 0 Å². The summed E-state index contributed by atoms with van der Waals surface area (Å²) in [6.45, 7) is 1.96. The van der Waals surface area contributed by atoms with Crippen LogP contribution in [0.4, 0.5) is 0 Å². The summed E-state index contributed by atoms with van der Waals surface area (Å²) in [6, 6.07) is 19.2. The predicted molar refractivity (Wildman–Crippen MR) is 71.7 cm³/mol. The lowest BCUT2D eigenvalue weighted by atomic mass is 9.83. The summed E-state index contributed by atoms with van der Waals surface area (Å²) in [4.78, 5) is 11.5. The highest BCUT2D eigenvalue weighted by Crippen LogP contribution is 2.32. The van der Waals surface area contributed by atoms with Crippen molar-refractivity contribution in [3.63, 3.8) is 0 Å². The zero-order chi connectivity index (χ0) is 13.0. The fourth-order valence-electron chi connectivity index (χ4n) is 2.25. The lowest BCUT2D eigenvalue weighted by molar-refractivity contribution is -0.139. The van der Waals surface area contributed by atoms with E-state index in [2.05, 4.69) is 0 Å². The quantitative estimate of drug-likeness (QED) is 0.885. The second kappa shape index (κ2) is 5.50. The van der Waals surface area contributed by atoms with Gasteiger partial charge in [0.1, 0.15) is 0 Å². The first-order valence-corrected chi connectivity index (χ1v) is 6.03. The van der Waals surface area contributed by atoms with Crippen molar-refractivity contribution < 1.29 is 9.90 Å². The molecule has 2 nitrogen and oxygen atoms in total. The second-order valence-electron chi connectivity index (χ2n) is 4.43. The van der Waals surface area contributed by atoms with Crippen LogP contribution in [-0.4, -0.2) is 11.1 Å².